The van der Waals surface area contributed by atoms with Crippen LogP contribution in [0, 0.1) is 5.82 Å². The molecule has 5 nitrogen and oxygen atoms in total. The van der Waals surface area contributed by atoms with Crippen LogP contribution in [0.4, 0.5) is 10.1 Å². The predicted molar refractivity (Wildman–Crippen MR) is 92.9 cm³/mol. The second-order valence-electron chi connectivity index (χ2n) is 4.99. The minimum absolute atomic E-state index is 0.193. The molecule has 2 rings (SSSR count). The lowest BCUT2D eigenvalue weighted by atomic mass is 10.2. The van der Waals surface area contributed by atoms with Gasteiger partial charge in [0, 0.05) is 5.69 Å². The first-order chi connectivity index (χ1) is 11.8. The van der Waals surface area contributed by atoms with E-state index in [-0.39, 0.29) is 22.0 Å². The summed E-state index contributed by atoms with van der Waals surface area (Å²) < 4.78 is 23.6. The lowest BCUT2D eigenvalue weighted by Gasteiger charge is -2.16. The topological polar surface area (TPSA) is 64.6 Å². The molecule has 2 aromatic carbocycles. The average Bonchev–Trinajstić information content (AvgIpc) is 2.59. The number of methoxy groups -OCH3 is 1. The SMILES string of the molecule is COC(=O)c1cc(NC(=O)C(C)Oc2cccc(Cl)c2Cl)ccc1F. The summed E-state index contributed by atoms with van der Waals surface area (Å²) in [6.45, 7) is 1.51. The van der Waals surface area contributed by atoms with Gasteiger partial charge in [-0.1, -0.05) is 29.3 Å². The first-order valence-corrected chi connectivity index (χ1v) is 7.88. The Morgan fingerprint density at radius 1 is 1.20 bits per heavy atom. The smallest absolute Gasteiger partial charge is 0.340 e. The van der Waals surface area contributed by atoms with Crippen LogP contribution in [0.3, 0.4) is 0 Å². The highest BCUT2D eigenvalue weighted by molar-refractivity contribution is 6.42. The molecule has 0 spiro atoms. The minimum Gasteiger partial charge on any atom is -0.479 e. The molecule has 1 N–H and O–H groups in total. The van der Waals surface area contributed by atoms with Gasteiger partial charge < -0.3 is 14.8 Å². The third kappa shape index (κ3) is 4.61. The van der Waals surface area contributed by atoms with Gasteiger partial charge in [0.2, 0.25) is 0 Å². The van der Waals surface area contributed by atoms with E-state index >= 15 is 0 Å². The maximum absolute atomic E-state index is 13.6. The van der Waals surface area contributed by atoms with Crippen LogP contribution in [0.5, 0.6) is 5.75 Å². The number of rotatable bonds is 5. The molecule has 0 heterocycles. The summed E-state index contributed by atoms with van der Waals surface area (Å²) >= 11 is 11.9. The molecule has 0 aliphatic carbocycles. The highest BCUT2D eigenvalue weighted by Crippen LogP contribution is 2.32. The molecule has 0 saturated heterocycles. The maximum atomic E-state index is 13.6. The number of halogens is 3. The molecule has 1 atom stereocenters. The van der Waals surface area contributed by atoms with Crippen molar-refractivity contribution in [2.75, 3.05) is 12.4 Å². The molecular formula is C17H14Cl2FNO4. The molecule has 0 aliphatic rings. The van der Waals surface area contributed by atoms with Crippen molar-refractivity contribution < 1.29 is 23.5 Å². The summed E-state index contributed by atoms with van der Waals surface area (Å²) in [7, 11) is 1.14. The molecule has 0 radical (unpaired) electrons. The van der Waals surface area contributed by atoms with Crippen LogP contribution < -0.4 is 10.1 Å². The number of carbonyl (C=O) groups is 2. The minimum atomic E-state index is -0.914. The van der Waals surface area contributed by atoms with Crippen molar-refractivity contribution in [1.82, 2.24) is 0 Å². The third-order valence-corrected chi connectivity index (χ3v) is 4.03. The van der Waals surface area contributed by atoms with Crippen molar-refractivity contribution in [2.45, 2.75) is 13.0 Å². The van der Waals surface area contributed by atoms with E-state index in [1.165, 1.54) is 19.1 Å². The van der Waals surface area contributed by atoms with Gasteiger partial charge in [-0.2, -0.15) is 0 Å². The fourth-order valence-electron chi connectivity index (χ4n) is 1.93. The van der Waals surface area contributed by atoms with Crippen molar-refractivity contribution in [1.29, 1.82) is 0 Å². The van der Waals surface area contributed by atoms with Crippen molar-refractivity contribution in [3.05, 3.63) is 57.8 Å². The Morgan fingerprint density at radius 2 is 1.92 bits per heavy atom. The highest BCUT2D eigenvalue weighted by atomic mass is 35.5. The van der Waals surface area contributed by atoms with Crippen LogP contribution in [0.25, 0.3) is 0 Å². The number of nitrogens with one attached hydrogen (secondary N) is 1. The Balaban J connectivity index is 2.11. The van der Waals surface area contributed by atoms with Gasteiger partial charge in [-0.3, -0.25) is 4.79 Å². The molecule has 0 bridgehead atoms. The van der Waals surface area contributed by atoms with Crippen molar-refractivity contribution >= 4 is 40.8 Å². The van der Waals surface area contributed by atoms with Crippen LogP contribution in [-0.4, -0.2) is 25.1 Å². The standard InChI is InChI=1S/C17H14Cl2FNO4/c1-9(25-14-5-3-4-12(18)15(14)19)16(22)21-10-6-7-13(20)11(8-10)17(23)24-2/h3-9H,1-2H3,(H,21,22). The summed E-state index contributed by atoms with van der Waals surface area (Å²) in [5, 5.41) is 3.02. The monoisotopic (exact) mass is 385 g/mol. The van der Waals surface area contributed by atoms with Crippen molar-refractivity contribution in [3.8, 4) is 5.75 Å². The van der Waals surface area contributed by atoms with E-state index in [4.69, 9.17) is 27.9 Å². The molecule has 0 fully saturated rings. The third-order valence-electron chi connectivity index (χ3n) is 3.23. The molecule has 132 valence electrons. The lowest BCUT2D eigenvalue weighted by Crippen LogP contribution is -2.30. The van der Waals surface area contributed by atoms with E-state index in [1.807, 2.05) is 0 Å². The van der Waals surface area contributed by atoms with Crippen molar-refractivity contribution in [2.24, 2.45) is 0 Å². The summed E-state index contributed by atoms with van der Waals surface area (Å²) in [6, 6.07) is 8.36. The van der Waals surface area contributed by atoms with Crippen LogP contribution >= 0.6 is 23.2 Å². The molecule has 25 heavy (non-hydrogen) atoms. The van der Waals surface area contributed by atoms with E-state index in [1.54, 1.807) is 18.2 Å². The fourth-order valence-corrected chi connectivity index (χ4v) is 2.27. The van der Waals surface area contributed by atoms with Gasteiger partial charge in [-0.25, -0.2) is 9.18 Å². The summed E-state index contributed by atoms with van der Waals surface area (Å²) in [6.07, 6.45) is -0.914. The number of amides is 1. The number of esters is 1. The van der Waals surface area contributed by atoms with Gasteiger partial charge in [0.15, 0.2) is 6.10 Å². The summed E-state index contributed by atoms with van der Waals surface area (Å²) in [5.41, 5.74) is -0.0637. The average molecular weight is 386 g/mol. The van der Waals surface area contributed by atoms with Gasteiger partial charge in [0.05, 0.1) is 17.7 Å². The Morgan fingerprint density at radius 3 is 2.60 bits per heavy atom. The molecule has 0 aliphatic heterocycles. The van der Waals surface area contributed by atoms with Crippen LogP contribution in [-0.2, 0) is 9.53 Å². The fraction of sp³-hybridized carbons (Fsp3) is 0.176. The molecule has 0 aromatic heterocycles. The zero-order valence-electron chi connectivity index (χ0n) is 13.3. The Bertz CT molecular complexity index is 813. The largest absolute Gasteiger partial charge is 0.479 e. The first kappa shape index (κ1) is 19.0. The number of hydrogen-bond acceptors (Lipinski definition) is 4. The van der Waals surface area contributed by atoms with E-state index in [2.05, 4.69) is 10.1 Å². The number of benzene rings is 2. The van der Waals surface area contributed by atoms with Gasteiger partial charge >= 0.3 is 5.97 Å². The zero-order valence-corrected chi connectivity index (χ0v) is 14.8. The Labute approximate surface area is 153 Å². The van der Waals surface area contributed by atoms with Crippen LogP contribution in [0.1, 0.15) is 17.3 Å². The molecule has 2 aromatic rings. The maximum Gasteiger partial charge on any atom is 0.340 e. The number of ether oxygens (including phenoxy) is 2. The molecule has 1 amide bonds. The number of hydrogen-bond donors (Lipinski definition) is 1. The summed E-state index contributed by atoms with van der Waals surface area (Å²) in [4.78, 5) is 23.7. The quantitative estimate of drug-likeness (QED) is 0.778. The second kappa shape index (κ2) is 8.18. The van der Waals surface area contributed by atoms with E-state index in [0.29, 0.717) is 5.02 Å². The molecular weight excluding hydrogens is 372 g/mol. The van der Waals surface area contributed by atoms with Crippen LogP contribution in [0.2, 0.25) is 10.0 Å². The number of carbonyl (C=O) groups excluding carboxylic acids is 2. The predicted octanol–water partition coefficient (Wildman–Crippen LogP) is 4.33. The lowest BCUT2D eigenvalue weighted by molar-refractivity contribution is -0.122. The normalized spacial score (nSPS) is 11.6. The zero-order chi connectivity index (χ0) is 18.6. The van der Waals surface area contributed by atoms with Gasteiger partial charge in [-0.05, 0) is 37.3 Å². The Kier molecular flexibility index (Phi) is 6.22. The highest BCUT2D eigenvalue weighted by Gasteiger charge is 2.19. The molecule has 1 unspecified atom stereocenters. The summed E-state index contributed by atoms with van der Waals surface area (Å²) in [5.74, 6) is -1.85. The van der Waals surface area contributed by atoms with Gasteiger partial charge in [0.25, 0.3) is 5.91 Å². The first-order valence-electron chi connectivity index (χ1n) is 7.13. The molecule has 0 saturated carbocycles. The van der Waals surface area contributed by atoms with E-state index in [9.17, 15) is 14.0 Å². The molecule has 8 heteroatoms. The second-order valence-corrected chi connectivity index (χ2v) is 5.77. The number of anilines is 1. The van der Waals surface area contributed by atoms with Crippen molar-refractivity contribution in [3.63, 3.8) is 0 Å². The van der Waals surface area contributed by atoms with E-state index < -0.39 is 23.8 Å². The van der Waals surface area contributed by atoms with Gasteiger partial charge in [0.1, 0.15) is 16.6 Å². The van der Waals surface area contributed by atoms with Crippen LogP contribution in [0.15, 0.2) is 36.4 Å². The van der Waals surface area contributed by atoms with Gasteiger partial charge in [-0.15, -0.1) is 0 Å². The Hall–Kier alpha value is -2.31. The van der Waals surface area contributed by atoms with E-state index in [0.717, 1.165) is 13.2 Å².